The number of rotatable bonds is 7. The average molecular weight is 310 g/mol. The fourth-order valence-electron chi connectivity index (χ4n) is 2.84. The van der Waals surface area contributed by atoms with Crippen LogP contribution in [0.1, 0.15) is 37.8 Å². The number of nitrogens with zero attached hydrogens (tertiary/aromatic N) is 1. The highest BCUT2D eigenvalue weighted by Crippen LogP contribution is 2.23. The van der Waals surface area contributed by atoms with E-state index in [1.807, 2.05) is 12.1 Å². The molecule has 0 bridgehead atoms. The van der Waals surface area contributed by atoms with Crippen LogP contribution >= 0.6 is 0 Å². The van der Waals surface area contributed by atoms with Gasteiger partial charge in [-0.1, -0.05) is 19.9 Å². The van der Waals surface area contributed by atoms with Gasteiger partial charge in [0.2, 0.25) is 10.0 Å². The molecule has 0 radical (unpaired) electrons. The third kappa shape index (κ3) is 4.28. The normalized spacial score (nSPS) is 15.2. The molecule has 0 heterocycles. The van der Waals surface area contributed by atoms with E-state index < -0.39 is 10.0 Å². The molecular weight excluding hydrogens is 284 g/mol. The van der Waals surface area contributed by atoms with Crippen molar-refractivity contribution in [3.05, 3.63) is 29.3 Å². The second-order valence-corrected chi connectivity index (χ2v) is 7.33. The van der Waals surface area contributed by atoms with Crippen LogP contribution in [-0.2, 0) is 22.9 Å². The summed E-state index contributed by atoms with van der Waals surface area (Å²) in [6, 6.07) is 5.57. The Bertz CT molecular complexity index is 566. The number of likely N-dealkylation sites (N-methyl/N-ethyl adjacent to an activating group) is 1. The van der Waals surface area contributed by atoms with Gasteiger partial charge in [-0.05, 0) is 62.0 Å². The topological polar surface area (TPSA) is 49.4 Å². The molecule has 0 atom stereocenters. The zero-order valence-corrected chi connectivity index (χ0v) is 13.9. The molecule has 4 nitrogen and oxygen atoms in total. The van der Waals surface area contributed by atoms with E-state index in [0.29, 0.717) is 11.4 Å². The van der Waals surface area contributed by atoms with E-state index >= 15 is 0 Å². The SMILES string of the molecule is CCN(CC)CCNS(=O)(=O)c1ccc2c(c1)CCCC2. The summed E-state index contributed by atoms with van der Waals surface area (Å²) >= 11 is 0. The number of sulfonamides is 1. The van der Waals surface area contributed by atoms with Crippen LogP contribution in [0.3, 0.4) is 0 Å². The van der Waals surface area contributed by atoms with E-state index in [1.165, 1.54) is 17.5 Å². The molecule has 1 aromatic rings. The summed E-state index contributed by atoms with van der Waals surface area (Å²) in [7, 11) is -3.38. The summed E-state index contributed by atoms with van der Waals surface area (Å²) in [5.41, 5.74) is 2.51. The lowest BCUT2D eigenvalue weighted by Crippen LogP contribution is -2.34. The van der Waals surface area contributed by atoms with Gasteiger partial charge < -0.3 is 4.90 Å². The maximum absolute atomic E-state index is 12.3. The Balaban J connectivity index is 2.02. The minimum absolute atomic E-state index is 0.405. The fourth-order valence-corrected chi connectivity index (χ4v) is 3.91. The van der Waals surface area contributed by atoms with Gasteiger partial charge in [0.25, 0.3) is 0 Å². The molecule has 1 N–H and O–H groups in total. The van der Waals surface area contributed by atoms with Gasteiger partial charge in [0.05, 0.1) is 4.90 Å². The van der Waals surface area contributed by atoms with Gasteiger partial charge in [0.15, 0.2) is 0 Å². The smallest absolute Gasteiger partial charge is 0.240 e. The minimum Gasteiger partial charge on any atom is -0.303 e. The van der Waals surface area contributed by atoms with Crippen LogP contribution < -0.4 is 4.72 Å². The second kappa shape index (κ2) is 7.38. The molecule has 0 spiro atoms. The van der Waals surface area contributed by atoms with Crippen LogP contribution in [0.2, 0.25) is 0 Å². The number of benzene rings is 1. The number of aryl methyl sites for hydroxylation is 2. The molecule has 0 aliphatic heterocycles. The lowest BCUT2D eigenvalue weighted by molar-refractivity contribution is 0.309. The highest BCUT2D eigenvalue weighted by molar-refractivity contribution is 7.89. The largest absolute Gasteiger partial charge is 0.303 e. The number of fused-ring (bicyclic) bond motifs is 1. The molecule has 0 fully saturated rings. The summed E-state index contributed by atoms with van der Waals surface area (Å²) < 4.78 is 27.4. The Labute approximate surface area is 128 Å². The summed E-state index contributed by atoms with van der Waals surface area (Å²) in [6.07, 6.45) is 4.44. The van der Waals surface area contributed by atoms with Crippen molar-refractivity contribution >= 4 is 10.0 Å². The Morgan fingerprint density at radius 1 is 1.10 bits per heavy atom. The van der Waals surface area contributed by atoms with Crippen molar-refractivity contribution in [2.24, 2.45) is 0 Å². The summed E-state index contributed by atoms with van der Waals surface area (Å²) in [6.45, 7) is 7.26. The maximum Gasteiger partial charge on any atom is 0.240 e. The van der Waals surface area contributed by atoms with Crippen LogP contribution in [0.15, 0.2) is 23.1 Å². The van der Waals surface area contributed by atoms with Crippen molar-refractivity contribution in [2.45, 2.75) is 44.4 Å². The van der Waals surface area contributed by atoms with E-state index in [-0.39, 0.29) is 0 Å². The summed E-state index contributed by atoms with van der Waals surface area (Å²) in [5.74, 6) is 0. The summed E-state index contributed by atoms with van der Waals surface area (Å²) in [4.78, 5) is 2.61. The molecule has 2 rings (SSSR count). The lowest BCUT2D eigenvalue weighted by atomic mass is 9.92. The van der Waals surface area contributed by atoms with E-state index in [0.717, 1.165) is 38.9 Å². The predicted molar refractivity (Wildman–Crippen MR) is 86.1 cm³/mol. The monoisotopic (exact) mass is 310 g/mol. The van der Waals surface area contributed by atoms with Crippen molar-refractivity contribution in [1.29, 1.82) is 0 Å². The zero-order valence-electron chi connectivity index (χ0n) is 13.1. The third-order valence-corrected chi connectivity index (χ3v) is 5.70. The van der Waals surface area contributed by atoms with Gasteiger partial charge in [0, 0.05) is 13.1 Å². The molecule has 0 saturated heterocycles. The van der Waals surface area contributed by atoms with Crippen LogP contribution in [0.4, 0.5) is 0 Å². The molecule has 0 unspecified atom stereocenters. The highest BCUT2D eigenvalue weighted by Gasteiger charge is 2.17. The van der Waals surface area contributed by atoms with E-state index in [4.69, 9.17) is 0 Å². The first-order valence-electron chi connectivity index (χ1n) is 7.90. The van der Waals surface area contributed by atoms with E-state index in [1.54, 1.807) is 6.07 Å². The number of hydrogen-bond donors (Lipinski definition) is 1. The molecule has 1 aliphatic rings. The molecule has 5 heteroatoms. The quantitative estimate of drug-likeness (QED) is 0.840. The van der Waals surface area contributed by atoms with E-state index in [2.05, 4.69) is 23.5 Å². The van der Waals surface area contributed by atoms with Crippen molar-refractivity contribution in [1.82, 2.24) is 9.62 Å². The molecule has 21 heavy (non-hydrogen) atoms. The first-order chi connectivity index (χ1) is 10.1. The van der Waals surface area contributed by atoms with Crippen LogP contribution in [0.5, 0.6) is 0 Å². The maximum atomic E-state index is 12.3. The number of nitrogens with one attached hydrogen (secondary N) is 1. The van der Waals surface area contributed by atoms with Gasteiger partial charge >= 0.3 is 0 Å². The van der Waals surface area contributed by atoms with Crippen molar-refractivity contribution < 1.29 is 8.42 Å². The fraction of sp³-hybridized carbons (Fsp3) is 0.625. The predicted octanol–water partition coefficient (Wildman–Crippen LogP) is 2.19. The Kier molecular flexibility index (Phi) is 5.79. The van der Waals surface area contributed by atoms with Gasteiger partial charge in [-0.25, -0.2) is 13.1 Å². The average Bonchev–Trinajstić information content (AvgIpc) is 2.51. The first kappa shape index (κ1) is 16.5. The summed E-state index contributed by atoms with van der Waals surface area (Å²) in [5, 5.41) is 0. The third-order valence-electron chi connectivity index (χ3n) is 4.24. The Morgan fingerprint density at radius 2 is 1.76 bits per heavy atom. The first-order valence-corrected chi connectivity index (χ1v) is 9.39. The molecule has 0 aromatic heterocycles. The molecule has 1 aliphatic carbocycles. The van der Waals surface area contributed by atoms with Gasteiger partial charge in [-0.15, -0.1) is 0 Å². The standard InChI is InChI=1S/C16H26N2O2S/c1-3-18(4-2)12-11-17-21(19,20)16-10-9-14-7-5-6-8-15(14)13-16/h9-10,13,17H,3-8,11-12H2,1-2H3. The highest BCUT2D eigenvalue weighted by atomic mass is 32.2. The van der Waals surface area contributed by atoms with Crippen LogP contribution in [-0.4, -0.2) is 39.5 Å². The molecule has 0 saturated carbocycles. The second-order valence-electron chi connectivity index (χ2n) is 5.56. The Hall–Kier alpha value is -0.910. The van der Waals surface area contributed by atoms with Gasteiger partial charge in [-0.2, -0.15) is 0 Å². The van der Waals surface area contributed by atoms with Gasteiger partial charge in [0.1, 0.15) is 0 Å². The Morgan fingerprint density at radius 3 is 2.43 bits per heavy atom. The van der Waals surface area contributed by atoms with Gasteiger partial charge in [-0.3, -0.25) is 0 Å². The van der Waals surface area contributed by atoms with Crippen molar-refractivity contribution in [3.8, 4) is 0 Å². The molecular formula is C16H26N2O2S. The van der Waals surface area contributed by atoms with Crippen LogP contribution in [0.25, 0.3) is 0 Å². The van der Waals surface area contributed by atoms with Crippen LogP contribution in [0, 0.1) is 0 Å². The van der Waals surface area contributed by atoms with E-state index in [9.17, 15) is 8.42 Å². The zero-order chi connectivity index (χ0) is 15.3. The van der Waals surface area contributed by atoms with Crippen molar-refractivity contribution in [2.75, 3.05) is 26.2 Å². The lowest BCUT2D eigenvalue weighted by Gasteiger charge is -2.19. The number of hydrogen-bond acceptors (Lipinski definition) is 3. The van der Waals surface area contributed by atoms with Crippen molar-refractivity contribution in [3.63, 3.8) is 0 Å². The minimum atomic E-state index is -3.38. The molecule has 0 amide bonds. The molecule has 1 aromatic carbocycles. The molecule has 118 valence electrons.